The van der Waals surface area contributed by atoms with E-state index in [1.807, 2.05) is 17.5 Å². The number of amides is 1. The van der Waals surface area contributed by atoms with Gasteiger partial charge in [-0.25, -0.2) is 9.97 Å². The summed E-state index contributed by atoms with van der Waals surface area (Å²) in [4.78, 5) is 29.1. The number of hydrogen-bond acceptors (Lipinski definition) is 8. The van der Waals surface area contributed by atoms with Gasteiger partial charge in [0.1, 0.15) is 16.1 Å². The molecule has 0 unspecified atom stereocenters. The number of carbonyl (C=O) groups is 1. The number of thioether (sulfide) groups is 1. The molecule has 1 aliphatic heterocycles. The first-order chi connectivity index (χ1) is 13.2. The van der Waals surface area contributed by atoms with E-state index < -0.39 is 0 Å². The van der Waals surface area contributed by atoms with Crippen molar-refractivity contribution in [1.29, 1.82) is 0 Å². The maximum atomic E-state index is 12.1. The second-order valence-electron chi connectivity index (χ2n) is 6.67. The number of aromatic nitrogens is 3. The van der Waals surface area contributed by atoms with E-state index in [1.165, 1.54) is 30.9 Å². The van der Waals surface area contributed by atoms with Gasteiger partial charge in [0, 0.05) is 18.0 Å². The number of piperidine rings is 1. The molecule has 3 aromatic rings. The van der Waals surface area contributed by atoms with Crippen LogP contribution in [0.4, 0.5) is 5.13 Å². The number of thiazole rings is 1. The smallest absolute Gasteiger partial charge is 0.230 e. The second kappa shape index (κ2) is 8.53. The van der Waals surface area contributed by atoms with Crippen molar-refractivity contribution in [1.82, 2.24) is 20.3 Å². The monoisotopic (exact) mass is 419 g/mol. The molecule has 0 saturated carbocycles. The van der Waals surface area contributed by atoms with E-state index in [1.54, 1.807) is 22.7 Å². The summed E-state index contributed by atoms with van der Waals surface area (Å²) in [5, 5.41) is 6.81. The highest BCUT2D eigenvalue weighted by Gasteiger charge is 2.21. The van der Waals surface area contributed by atoms with Crippen molar-refractivity contribution < 1.29 is 4.79 Å². The lowest BCUT2D eigenvalue weighted by molar-refractivity contribution is -0.118. The largest absolute Gasteiger partial charge is 0.350 e. The zero-order chi connectivity index (χ0) is 18.6. The number of hydrogen-bond donors (Lipinski definition) is 1. The van der Waals surface area contributed by atoms with Gasteiger partial charge in [-0.05, 0) is 30.2 Å². The van der Waals surface area contributed by atoms with Crippen molar-refractivity contribution in [2.75, 3.05) is 23.7 Å². The summed E-state index contributed by atoms with van der Waals surface area (Å²) in [6.45, 7) is 4.95. The lowest BCUT2D eigenvalue weighted by Gasteiger charge is -2.30. The molecule has 0 radical (unpaired) electrons. The summed E-state index contributed by atoms with van der Waals surface area (Å²) < 4.78 is 0.974. The highest BCUT2D eigenvalue weighted by atomic mass is 32.2. The Balaban J connectivity index is 1.41. The van der Waals surface area contributed by atoms with Crippen molar-refractivity contribution in [3.05, 3.63) is 28.7 Å². The maximum absolute atomic E-state index is 12.1. The summed E-state index contributed by atoms with van der Waals surface area (Å²) in [6.07, 6.45) is 4.02. The molecule has 6 nitrogen and oxygen atoms in total. The minimum Gasteiger partial charge on any atom is -0.350 e. The second-order valence-corrected chi connectivity index (χ2v) is 9.64. The zero-order valence-electron chi connectivity index (χ0n) is 15.1. The van der Waals surface area contributed by atoms with Crippen LogP contribution >= 0.6 is 34.4 Å². The van der Waals surface area contributed by atoms with Crippen molar-refractivity contribution in [2.24, 2.45) is 5.92 Å². The van der Waals surface area contributed by atoms with Gasteiger partial charge in [0.05, 0.1) is 12.3 Å². The van der Waals surface area contributed by atoms with Crippen molar-refractivity contribution >= 4 is 55.8 Å². The van der Waals surface area contributed by atoms with Crippen LogP contribution in [-0.4, -0.2) is 39.7 Å². The molecule has 4 rings (SSSR count). The Kier molecular flexibility index (Phi) is 5.89. The predicted octanol–water partition coefficient (Wildman–Crippen LogP) is 3.79. The molecule has 0 aliphatic carbocycles. The first-order valence-corrected chi connectivity index (χ1v) is 11.7. The number of anilines is 1. The zero-order valence-corrected chi connectivity index (χ0v) is 17.5. The summed E-state index contributed by atoms with van der Waals surface area (Å²) in [6, 6.07) is 4.01. The van der Waals surface area contributed by atoms with Gasteiger partial charge in [-0.15, -0.1) is 11.3 Å². The summed E-state index contributed by atoms with van der Waals surface area (Å²) in [5.41, 5.74) is 0.727. The Morgan fingerprint density at radius 1 is 1.44 bits per heavy atom. The molecule has 1 atom stereocenters. The van der Waals surface area contributed by atoms with Crippen LogP contribution < -0.4 is 10.2 Å². The van der Waals surface area contributed by atoms with Crippen LogP contribution in [0.1, 0.15) is 24.6 Å². The average molecular weight is 420 g/mol. The number of rotatable bonds is 6. The molecule has 0 bridgehead atoms. The van der Waals surface area contributed by atoms with Crippen molar-refractivity contribution in [3.63, 3.8) is 0 Å². The fourth-order valence-electron chi connectivity index (χ4n) is 3.11. The highest BCUT2D eigenvalue weighted by molar-refractivity contribution is 8.00. The van der Waals surface area contributed by atoms with Gasteiger partial charge >= 0.3 is 0 Å². The van der Waals surface area contributed by atoms with Gasteiger partial charge in [-0.1, -0.05) is 36.1 Å². The first-order valence-electron chi connectivity index (χ1n) is 8.97. The van der Waals surface area contributed by atoms with Crippen LogP contribution in [0, 0.1) is 5.92 Å². The van der Waals surface area contributed by atoms with Crippen LogP contribution in [0.3, 0.4) is 0 Å². The standard InChI is InChI=1S/C18H21N5OS3/c1-12-4-2-6-23(9-12)18-22-16-15(27-18)17(21-11-20-16)26-10-14(24)19-8-13-5-3-7-25-13/h3,5,7,11-12H,2,4,6,8-10H2,1H3,(H,19,24)/t12-/m1/s1. The van der Waals surface area contributed by atoms with Gasteiger partial charge in [-0.2, -0.15) is 4.98 Å². The van der Waals surface area contributed by atoms with E-state index in [4.69, 9.17) is 4.98 Å². The number of fused-ring (bicyclic) bond motifs is 1. The van der Waals surface area contributed by atoms with Crippen LogP contribution in [-0.2, 0) is 11.3 Å². The molecule has 9 heteroatoms. The fourth-order valence-corrected chi connectivity index (χ4v) is 5.71. The molecule has 3 aromatic heterocycles. The van der Waals surface area contributed by atoms with Crippen LogP contribution in [0.5, 0.6) is 0 Å². The van der Waals surface area contributed by atoms with Gasteiger partial charge in [-0.3, -0.25) is 4.79 Å². The normalized spacial score (nSPS) is 17.4. The third-order valence-corrected chi connectivity index (χ3v) is 7.56. The Morgan fingerprint density at radius 2 is 2.37 bits per heavy atom. The fraction of sp³-hybridized carbons (Fsp3) is 0.444. The minimum absolute atomic E-state index is 0.00903. The van der Waals surface area contributed by atoms with Gasteiger partial charge in [0.25, 0.3) is 0 Å². The molecule has 0 spiro atoms. The molecular formula is C18H21N5OS3. The lowest BCUT2D eigenvalue weighted by atomic mass is 10.0. The third kappa shape index (κ3) is 4.59. The quantitative estimate of drug-likeness (QED) is 0.484. The van der Waals surface area contributed by atoms with E-state index >= 15 is 0 Å². The number of carbonyl (C=O) groups excluding carboxylic acids is 1. The number of nitrogens with zero attached hydrogens (tertiary/aromatic N) is 4. The Bertz CT molecular complexity index is 911. The molecule has 142 valence electrons. The highest BCUT2D eigenvalue weighted by Crippen LogP contribution is 2.35. The summed E-state index contributed by atoms with van der Waals surface area (Å²) >= 11 is 4.73. The summed E-state index contributed by atoms with van der Waals surface area (Å²) in [5.74, 6) is 1.04. The van der Waals surface area contributed by atoms with E-state index in [0.717, 1.165) is 38.5 Å². The van der Waals surface area contributed by atoms with E-state index in [0.29, 0.717) is 18.2 Å². The average Bonchev–Trinajstić information content (AvgIpc) is 3.34. The molecule has 1 fully saturated rings. The molecule has 0 aromatic carbocycles. The molecular weight excluding hydrogens is 398 g/mol. The molecule has 1 N–H and O–H groups in total. The lowest BCUT2D eigenvalue weighted by Crippen LogP contribution is -2.34. The van der Waals surface area contributed by atoms with Gasteiger partial charge in [0.15, 0.2) is 10.8 Å². The Labute approximate surface area is 170 Å². The summed E-state index contributed by atoms with van der Waals surface area (Å²) in [7, 11) is 0. The van der Waals surface area contributed by atoms with Crippen molar-refractivity contribution in [2.45, 2.75) is 31.3 Å². The Morgan fingerprint density at radius 3 is 3.19 bits per heavy atom. The third-order valence-electron chi connectivity index (χ3n) is 4.45. The van der Waals surface area contributed by atoms with Crippen LogP contribution in [0.15, 0.2) is 28.9 Å². The molecule has 27 heavy (non-hydrogen) atoms. The Hall–Kier alpha value is -1.71. The van der Waals surface area contributed by atoms with Crippen LogP contribution in [0.2, 0.25) is 0 Å². The van der Waals surface area contributed by atoms with Crippen LogP contribution in [0.25, 0.3) is 10.3 Å². The topological polar surface area (TPSA) is 71.0 Å². The molecule has 4 heterocycles. The van der Waals surface area contributed by atoms with Crippen molar-refractivity contribution in [3.8, 4) is 0 Å². The molecule has 1 aliphatic rings. The van der Waals surface area contributed by atoms with E-state index in [9.17, 15) is 4.79 Å². The van der Waals surface area contributed by atoms with Gasteiger partial charge < -0.3 is 10.2 Å². The molecule has 1 saturated heterocycles. The maximum Gasteiger partial charge on any atom is 0.230 e. The van der Waals surface area contributed by atoms with E-state index in [-0.39, 0.29) is 5.91 Å². The molecule has 1 amide bonds. The number of thiophene rings is 1. The van der Waals surface area contributed by atoms with Gasteiger partial charge in [0.2, 0.25) is 5.91 Å². The SMILES string of the molecule is C[C@@H]1CCCN(c2nc3ncnc(SCC(=O)NCc4cccs4)c3s2)C1. The minimum atomic E-state index is 0.00903. The van der Waals surface area contributed by atoms with E-state index in [2.05, 4.69) is 27.1 Å². The predicted molar refractivity (Wildman–Crippen MR) is 113 cm³/mol. The first kappa shape index (κ1) is 18.6. The number of nitrogens with one attached hydrogen (secondary N) is 1.